The van der Waals surface area contributed by atoms with Crippen molar-refractivity contribution < 1.29 is 17.6 Å². The van der Waals surface area contributed by atoms with E-state index >= 15 is 0 Å². The van der Waals surface area contributed by atoms with E-state index in [0.29, 0.717) is 12.1 Å². The SMILES string of the molecule is Cc1ccc(CNC(=O)Cn2c(=O)oc3cc(S(=O)(=O)NC4CCCC4)ccc32)cc1. The number of rotatable bonds is 7. The van der Waals surface area contributed by atoms with Crippen molar-refractivity contribution >= 4 is 27.0 Å². The van der Waals surface area contributed by atoms with Gasteiger partial charge in [-0.05, 0) is 37.5 Å². The summed E-state index contributed by atoms with van der Waals surface area (Å²) in [5.74, 6) is -1.05. The van der Waals surface area contributed by atoms with Gasteiger partial charge in [0.1, 0.15) is 6.54 Å². The minimum Gasteiger partial charge on any atom is -0.408 e. The lowest BCUT2D eigenvalue weighted by atomic mass is 10.1. The van der Waals surface area contributed by atoms with Crippen LogP contribution in [-0.2, 0) is 27.9 Å². The highest BCUT2D eigenvalue weighted by Crippen LogP contribution is 2.22. The average molecular weight is 444 g/mol. The average Bonchev–Trinajstić information content (AvgIpc) is 3.34. The van der Waals surface area contributed by atoms with E-state index in [1.54, 1.807) is 0 Å². The molecular formula is C22H25N3O5S. The molecule has 0 aliphatic heterocycles. The molecule has 1 saturated carbocycles. The summed E-state index contributed by atoms with van der Waals surface area (Å²) >= 11 is 0. The van der Waals surface area contributed by atoms with Crippen LogP contribution in [0.15, 0.2) is 56.6 Å². The molecule has 2 N–H and O–H groups in total. The first-order chi connectivity index (χ1) is 14.8. The predicted molar refractivity (Wildman–Crippen MR) is 116 cm³/mol. The molecule has 9 heteroatoms. The molecular weight excluding hydrogens is 418 g/mol. The van der Waals surface area contributed by atoms with Gasteiger partial charge in [0.25, 0.3) is 0 Å². The fraction of sp³-hybridized carbons (Fsp3) is 0.364. The highest BCUT2D eigenvalue weighted by molar-refractivity contribution is 7.89. The first-order valence-electron chi connectivity index (χ1n) is 10.3. The minimum atomic E-state index is -3.70. The maximum absolute atomic E-state index is 12.6. The zero-order valence-electron chi connectivity index (χ0n) is 17.3. The molecule has 0 radical (unpaired) electrons. The van der Waals surface area contributed by atoms with Crippen LogP contribution in [0.2, 0.25) is 0 Å². The van der Waals surface area contributed by atoms with Gasteiger partial charge in [-0.1, -0.05) is 42.7 Å². The summed E-state index contributed by atoms with van der Waals surface area (Å²) in [6.45, 7) is 2.11. The van der Waals surface area contributed by atoms with E-state index in [4.69, 9.17) is 4.42 Å². The Balaban J connectivity index is 1.48. The number of aryl methyl sites for hydroxylation is 1. The lowest BCUT2D eigenvalue weighted by Crippen LogP contribution is -2.32. The summed E-state index contributed by atoms with van der Waals surface area (Å²) in [4.78, 5) is 24.7. The first kappa shape index (κ1) is 21.3. The Kier molecular flexibility index (Phi) is 5.97. The fourth-order valence-corrected chi connectivity index (χ4v) is 5.12. The van der Waals surface area contributed by atoms with Gasteiger partial charge in [-0.3, -0.25) is 9.36 Å². The first-order valence-corrected chi connectivity index (χ1v) is 11.8. The minimum absolute atomic E-state index is 0.0385. The summed E-state index contributed by atoms with van der Waals surface area (Å²) in [6.07, 6.45) is 3.67. The third-order valence-corrected chi connectivity index (χ3v) is 7.06. The van der Waals surface area contributed by atoms with Crippen LogP contribution in [-0.4, -0.2) is 24.9 Å². The number of oxazole rings is 1. The van der Waals surface area contributed by atoms with E-state index in [9.17, 15) is 18.0 Å². The zero-order valence-corrected chi connectivity index (χ0v) is 18.1. The summed E-state index contributed by atoms with van der Waals surface area (Å²) < 4.78 is 34.4. The lowest BCUT2D eigenvalue weighted by molar-refractivity contribution is -0.121. The molecule has 4 rings (SSSR count). The smallest absolute Gasteiger partial charge is 0.408 e. The summed E-state index contributed by atoms with van der Waals surface area (Å²) in [5, 5.41) is 2.78. The van der Waals surface area contributed by atoms with Crippen LogP contribution in [0.3, 0.4) is 0 Å². The third-order valence-electron chi connectivity index (χ3n) is 5.54. The number of aromatic nitrogens is 1. The third kappa shape index (κ3) is 4.88. The van der Waals surface area contributed by atoms with Crippen molar-refractivity contribution in [1.29, 1.82) is 0 Å². The number of carbonyl (C=O) groups excluding carboxylic acids is 1. The standard InChI is InChI=1S/C22H25N3O5S/c1-15-6-8-16(9-7-15)13-23-21(26)14-25-19-11-10-18(12-20(19)30-22(25)27)31(28,29)24-17-4-2-3-5-17/h6-12,17,24H,2-5,13-14H2,1H3,(H,23,26). The molecule has 31 heavy (non-hydrogen) atoms. The van der Waals surface area contributed by atoms with E-state index in [2.05, 4.69) is 10.0 Å². The highest BCUT2D eigenvalue weighted by atomic mass is 32.2. The summed E-state index contributed by atoms with van der Waals surface area (Å²) in [7, 11) is -3.70. The number of carbonyl (C=O) groups is 1. The summed E-state index contributed by atoms with van der Waals surface area (Å²) in [5.41, 5.74) is 2.58. The monoisotopic (exact) mass is 443 g/mol. The van der Waals surface area contributed by atoms with Crippen molar-refractivity contribution in [3.8, 4) is 0 Å². The van der Waals surface area contributed by atoms with Crippen molar-refractivity contribution in [2.24, 2.45) is 0 Å². The lowest BCUT2D eigenvalue weighted by Gasteiger charge is -2.12. The molecule has 1 aliphatic rings. The van der Waals surface area contributed by atoms with Gasteiger partial charge in [0.2, 0.25) is 15.9 Å². The molecule has 1 amide bonds. The number of hydrogen-bond acceptors (Lipinski definition) is 5. The van der Waals surface area contributed by atoms with Crippen molar-refractivity contribution in [2.45, 2.75) is 56.6 Å². The second kappa shape index (κ2) is 8.68. The van der Waals surface area contributed by atoms with E-state index in [-0.39, 0.29) is 29.0 Å². The van der Waals surface area contributed by atoms with Gasteiger partial charge in [-0.15, -0.1) is 0 Å². The van der Waals surface area contributed by atoms with Crippen LogP contribution in [0.4, 0.5) is 0 Å². The number of hydrogen-bond donors (Lipinski definition) is 2. The summed E-state index contributed by atoms with van der Waals surface area (Å²) in [6, 6.07) is 12.0. The molecule has 1 aromatic heterocycles. The van der Waals surface area contributed by atoms with Crippen LogP contribution in [0, 0.1) is 6.92 Å². The molecule has 1 aliphatic carbocycles. The Morgan fingerprint density at radius 2 is 1.84 bits per heavy atom. The van der Waals surface area contributed by atoms with Crippen LogP contribution in [0.25, 0.3) is 11.1 Å². The molecule has 0 atom stereocenters. The second-order valence-electron chi connectivity index (χ2n) is 7.95. The van der Waals surface area contributed by atoms with Gasteiger partial charge >= 0.3 is 5.76 Å². The van der Waals surface area contributed by atoms with Crippen LogP contribution in [0.1, 0.15) is 36.8 Å². The number of nitrogens with zero attached hydrogens (tertiary/aromatic N) is 1. The van der Waals surface area contributed by atoms with Crippen molar-refractivity contribution in [2.75, 3.05) is 0 Å². The zero-order chi connectivity index (χ0) is 22.0. The molecule has 2 aromatic carbocycles. The molecule has 0 unspecified atom stereocenters. The van der Waals surface area contributed by atoms with E-state index in [1.807, 2.05) is 31.2 Å². The van der Waals surface area contributed by atoms with Crippen molar-refractivity contribution in [3.63, 3.8) is 0 Å². The van der Waals surface area contributed by atoms with Gasteiger partial charge in [0, 0.05) is 18.7 Å². The number of sulfonamides is 1. The highest BCUT2D eigenvalue weighted by Gasteiger charge is 2.24. The topological polar surface area (TPSA) is 110 Å². The van der Waals surface area contributed by atoms with Crippen LogP contribution >= 0.6 is 0 Å². The Morgan fingerprint density at radius 3 is 2.55 bits per heavy atom. The Hall–Kier alpha value is -2.91. The number of benzene rings is 2. The second-order valence-corrected chi connectivity index (χ2v) is 9.66. The Morgan fingerprint density at radius 1 is 1.13 bits per heavy atom. The molecule has 3 aromatic rings. The van der Waals surface area contributed by atoms with Crippen molar-refractivity contribution in [3.05, 3.63) is 64.1 Å². The van der Waals surface area contributed by atoms with E-state index in [0.717, 1.165) is 36.8 Å². The maximum atomic E-state index is 12.6. The van der Waals surface area contributed by atoms with Crippen molar-refractivity contribution in [1.82, 2.24) is 14.6 Å². The molecule has 1 fully saturated rings. The number of nitrogens with one attached hydrogen (secondary N) is 2. The maximum Gasteiger partial charge on any atom is 0.420 e. The van der Waals surface area contributed by atoms with Crippen LogP contribution < -0.4 is 15.8 Å². The van der Waals surface area contributed by atoms with Crippen LogP contribution in [0.5, 0.6) is 0 Å². The van der Waals surface area contributed by atoms with E-state index < -0.39 is 15.8 Å². The van der Waals surface area contributed by atoms with E-state index in [1.165, 1.54) is 22.8 Å². The molecule has 0 spiro atoms. The van der Waals surface area contributed by atoms with Gasteiger partial charge in [0.15, 0.2) is 5.58 Å². The predicted octanol–water partition coefficient (Wildman–Crippen LogP) is 2.44. The number of amides is 1. The van der Waals surface area contributed by atoms with Gasteiger partial charge in [-0.2, -0.15) is 0 Å². The van der Waals surface area contributed by atoms with Gasteiger partial charge in [-0.25, -0.2) is 17.9 Å². The van der Waals surface area contributed by atoms with Gasteiger partial charge in [0.05, 0.1) is 10.4 Å². The molecule has 0 bridgehead atoms. The Bertz CT molecular complexity index is 1250. The molecule has 1 heterocycles. The fourth-order valence-electron chi connectivity index (χ4n) is 3.80. The molecule has 0 saturated heterocycles. The Labute approximate surface area is 180 Å². The molecule has 164 valence electrons. The van der Waals surface area contributed by atoms with Gasteiger partial charge < -0.3 is 9.73 Å². The quantitative estimate of drug-likeness (QED) is 0.583. The normalized spacial score (nSPS) is 14.9. The largest absolute Gasteiger partial charge is 0.420 e. The molecule has 8 nitrogen and oxygen atoms in total. The number of fused-ring (bicyclic) bond motifs is 1.